The van der Waals surface area contributed by atoms with Gasteiger partial charge in [0.15, 0.2) is 17.3 Å². The minimum Gasteiger partial charge on any atom is -0.366 e. The van der Waals surface area contributed by atoms with Gasteiger partial charge in [-0.25, -0.2) is 0 Å². The van der Waals surface area contributed by atoms with Crippen molar-refractivity contribution in [3.05, 3.63) is 0 Å². The highest BCUT2D eigenvalue weighted by atomic mass is 16.5. The molecule has 29 heavy (non-hydrogen) atoms. The molecule has 1 unspecified atom stereocenters. The monoisotopic (exact) mass is 413 g/mol. The van der Waals surface area contributed by atoms with Gasteiger partial charge in [-0.2, -0.15) is 0 Å². The minimum atomic E-state index is -1.74. The van der Waals surface area contributed by atoms with Crippen molar-refractivity contribution >= 4 is 17.3 Å². The molecule has 0 fully saturated rings. The molecule has 0 rings (SSSR count). The average molecular weight is 414 g/mol. The molecule has 170 valence electrons. The van der Waals surface area contributed by atoms with Crippen LogP contribution in [0.4, 0.5) is 0 Å². The van der Waals surface area contributed by atoms with Crippen LogP contribution < -0.4 is 17.2 Å². The van der Waals surface area contributed by atoms with Gasteiger partial charge in [0.05, 0.1) is 19.6 Å². The first kappa shape index (κ1) is 27.8. The zero-order valence-electron chi connectivity index (χ0n) is 18.8. The maximum Gasteiger partial charge on any atom is 0.179 e. The molecule has 1 atom stereocenters. The molecule has 0 aliphatic heterocycles. The Morgan fingerprint density at radius 3 is 1.41 bits per heavy atom. The number of carbonyl (C=O) groups excluding carboxylic acids is 3. The first-order chi connectivity index (χ1) is 13.8. The maximum absolute atomic E-state index is 12.6. The lowest BCUT2D eigenvalue weighted by Gasteiger charge is -2.42. The molecule has 0 amide bonds. The summed E-state index contributed by atoms with van der Waals surface area (Å²) in [6.45, 7) is 4.25. The third-order valence-electron chi connectivity index (χ3n) is 6.05. The number of carbonyl (C=O) groups is 3. The van der Waals surface area contributed by atoms with Gasteiger partial charge >= 0.3 is 0 Å². The summed E-state index contributed by atoms with van der Waals surface area (Å²) < 4.78 is 5.88. The Morgan fingerprint density at radius 1 is 0.655 bits per heavy atom. The van der Waals surface area contributed by atoms with Gasteiger partial charge in [0, 0.05) is 6.61 Å². The van der Waals surface area contributed by atoms with Crippen molar-refractivity contribution in [3.8, 4) is 0 Å². The van der Waals surface area contributed by atoms with Crippen molar-refractivity contribution in [2.24, 2.45) is 22.6 Å². The zero-order chi connectivity index (χ0) is 22.3. The van der Waals surface area contributed by atoms with E-state index in [1.165, 1.54) is 58.8 Å². The van der Waals surface area contributed by atoms with E-state index in [2.05, 4.69) is 6.92 Å². The summed E-state index contributed by atoms with van der Waals surface area (Å²) in [6.07, 6.45) is 11.7. The summed E-state index contributed by atoms with van der Waals surface area (Å²) in [4.78, 5) is 37.7. The Balaban J connectivity index is 4.71. The number of Topliss-reactive ketones (excluding diaryl/α,β-unsaturated/α-hetero) is 3. The van der Waals surface area contributed by atoms with E-state index < -0.39 is 28.4 Å². The lowest BCUT2D eigenvalue weighted by Crippen LogP contribution is -2.64. The van der Waals surface area contributed by atoms with Crippen molar-refractivity contribution in [1.29, 1.82) is 0 Å². The van der Waals surface area contributed by atoms with Crippen LogP contribution in [0, 0.1) is 5.41 Å². The molecule has 0 spiro atoms. The summed E-state index contributed by atoms with van der Waals surface area (Å²) in [5.41, 5.74) is 13.2. The predicted octanol–water partition coefficient (Wildman–Crippen LogP) is 2.27. The Kier molecular flexibility index (Phi) is 14.2. The van der Waals surface area contributed by atoms with Crippen LogP contribution in [0.5, 0.6) is 0 Å². The third kappa shape index (κ3) is 7.89. The van der Waals surface area contributed by atoms with Gasteiger partial charge in [-0.15, -0.1) is 0 Å². The molecular weight excluding hydrogens is 370 g/mol. The van der Waals surface area contributed by atoms with E-state index in [-0.39, 0.29) is 26.2 Å². The Labute approximate surface area is 176 Å². The maximum atomic E-state index is 12.6. The molecular formula is C22H43N3O4. The summed E-state index contributed by atoms with van der Waals surface area (Å²) in [6, 6.07) is 0. The van der Waals surface area contributed by atoms with Crippen molar-refractivity contribution in [2.45, 2.75) is 90.6 Å². The van der Waals surface area contributed by atoms with Crippen molar-refractivity contribution in [3.63, 3.8) is 0 Å². The van der Waals surface area contributed by atoms with Crippen molar-refractivity contribution < 1.29 is 19.1 Å². The van der Waals surface area contributed by atoms with E-state index in [9.17, 15) is 14.4 Å². The molecule has 7 heteroatoms. The van der Waals surface area contributed by atoms with Crippen LogP contribution in [-0.2, 0) is 19.1 Å². The van der Waals surface area contributed by atoms with Gasteiger partial charge in [-0.3, -0.25) is 14.4 Å². The van der Waals surface area contributed by atoms with Crippen LogP contribution in [-0.4, -0.2) is 49.2 Å². The Hall–Kier alpha value is -1.15. The van der Waals surface area contributed by atoms with Crippen LogP contribution in [0.2, 0.25) is 0 Å². The highest BCUT2D eigenvalue weighted by molar-refractivity contribution is 6.14. The minimum absolute atomic E-state index is 0.268. The second-order valence-electron chi connectivity index (χ2n) is 8.07. The largest absolute Gasteiger partial charge is 0.366 e. The molecule has 0 aromatic heterocycles. The predicted molar refractivity (Wildman–Crippen MR) is 116 cm³/mol. The average Bonchev–Trinajstić information content (AvgIpc) is 2.74. The van der Waals surface area contributed by atoms with Crippen molar-refractivity contribution in [1.82, 2.24) is 0 Å². The lowest BCUT2D eigenvalue weighted by molar-refractivity contribution is -0.174. The molecule has 0 aliphatic rings. The fraction of sp³-hybridized carbons (Fsp3) is 0.864. The molecule has 6 N–H and O–H groups in total. The first-order valence-electron chi connectivity index (χ1n) is 11.1. The molecule has 0 radical (unpaired) electrons. The number of hydrogen-bond acceptors (Lipinski definition) is 7. The van der Waals surface area contributed by atoms with Crippen LogP contribution in [0.25, 0.3) is 0 Å². The van der Waals surface area contributed by atoms with Gasteiger partial charge < -0.3 is 21.9 Å². The highest BCUT2D eigenvalue weighted by Crippen LogP contribution is 2.37. The molecule has 0 heterocycles. The second kappa shape index (κ2) is 14.8. The number of ether oxygens (including phenoxy) is 1. The summed E-state index contributed by atoms with van der Waals surface area (Å²) in [5.74, 6) is -1.64. The molecule has 0 bridgehead atoms. The van der Waals surface area contributed by atoms with E-state index in [0.717, 1.165) is 19.3 Å². The molecule has 0 saturated carbocycles. The van der Waals surface area contributed by atoms with Crippen molar-refractivity contribution in [2.75, 3.05) is 26.2 Å². The molecule has 7 nitrogen and oxygen atoms in total. The van der Waals surface area contributed by atoms with Gasteiger partial charge in [-0.1, -0.05) is 64.7 Å². The number of nitrogens with two attached hydrogens (primary N) is 3. The van der Waals surface area contributed by atoms with Gasteiger partial charge in [0.25, 0.3) is 0 Å². The molecule has 0 aromatic rings. The van der Waals surface area contributed by atoms with Crippen LogP contribution in [0.1, 0.15) is 85.0 Å². The summed E-state index contributed by atoms with van der Waals surface area (Å²) in [5, 5.41) is 0. The number of ketones is 3. The Morgan fingerprint density at radius 2 is 1.03 bits per heavy atom. The molecule has 0 saturated heterocycles. The molecule has 0 aliphatic carbocycles. The summed E-state index contributed by atoms with van der Waals surface area (Å²) in [7, 11) is 0. The fourth-order valence-electron chi connectivity index (χ4n) is 3.66. The van der Waals surface area contributed by atoms with Gasteiger partial charge in [0.1, 0.15) is 11.0 Å². The molecule has 0 aromatic carbocycles. The normalized spacial score (nSPS) is 13.9. The van der Waals surface area contributed by atoms with E-state index >= 15 is 0 Å². The van der Waals surface area contributed by atoms with Crippen LogP contribution in [0.3, 0.4) is 0 Å². The SMILES string of the molecule is CCCCCCCCCCCCOC(C)(C(=O)CN)C(C)(C(=O)CN)C(=O)CN. The van der Waals surface area contributed by atoms with Crippen LogP contribution >= 0.6 is 0 Å². The number of rotatable bonds is 19. The van der Waals surface area contributed by atoms with Crippen LogP contribution in [0.15, 0.2) is 0 Å². The second-order valence-corrected chi connectivity index (χ2v) is 8.07. The lowest BCUT2D eigenvalue weighted by atomic mass is 9.65. The first-order valence-corrected chi connectivity index (χ1v) is 11.1. The Bertz CT molecular complexity index is 494. The standard InChI is InChI=1S/C22H43N3O4/c1-4-5-6-7-8-9-10-11-12-13-14-29-22(3,20(28)17-25)21(2,18(26)15-23)19(27)16-24/h4-17,23-25H2,1-3H3. The number of unbranched alkanes of at least 4 members (excludes halogenated alkanes) is 9. The highest BCUT2D eigenvalue weighted by Gasteiger charge is 2.58. The van der Waals surface area contributed by atoms with E-state index in [1.54, 1.807) is 0 Å². The zero-order valence-corrected chi connectivity index (χ0v) is 18.8. The van der Waals surface area contributed by atoms with E-state index in [4.69, 9.17) is 21.9 Å². The number of hydrogen-bond donors (Lipinski definition) is 3. The quantitative estimate of drug-likeness (QED) is 0.218. The smallest absolute Gasteiger partial charge is 0.179 e. The third-order valence-corrected chi connectivity index (χ3v) is 6.05. The fourth-order valence-corrected chi connectivity index (χ4v) is 3.66. The van der Waals surface area contributed by atoms with E-state index in [1.807, 2.05) is 0 Å². The van der Waals surface area contributed by atoms with E-state index in [0.29, 0.717) is 0 Å². The topological polar surface area (TPSA) is 138 Å². The van der Waals surface area contributed by atoms with Gasteiger partial charge in [0.2, 0.25) is 0 Å². The van der Waals surface area contributed by atoms with Gasteiger partial charge in [-0.05, 0) is 20.3 Å². The summed E-state index contributed by atoms with van der Waals surface area (Å²) >= 11 is 0.